The lowest BCUT2D eigenvalue weighted by Gasteiger charge is -2.34. The molecule has 24 heavy (non-hydrogen) atoms. The molecule has 2 saturated heterocycles. The lowest BCUT2D eigenvalue weighted by atomic mass is 9.93. The first-order valence-electron chi connectivity index (χ1n) is 9.29. The van der Waals surface area contributed by atoms with E-state index < -0.39 is 0 Å². The minimum Gasteiger partial charge on any atom is -0.379 e. The van der Waals surface area contributed by atoms with Crippen LogP contribution in [0.15, 0.2) is 24.4 Å². The van der Waals surface area contributed by atoms with E-state index in [1.807, 2.05) is 23.1 Å². The van der Waals surface area contributed by atoms with E-state index in [-0.39, 0.29) is 5.91 Å². The Kier molecular flexibility index (Phi) is 6.61. The van der Waals surface area contributed by atoms with Gasteiger partial charge in [-0.25, -0.2) is 0 Å². The molecule has 5 heteroatoms. The molecule has 0 spiro atoms. The van der Waals surface area contributed by atoms with Gasteiger partial charge in [-0.1, -0.05) is 6.07 Å². The number of carbonyl (C=O) groups is 1. The number of morpholine rings is 1. The number of hydrogen-bond acceptors (Lipinski definition) is 4. The van der Waals surface area contributed by atoms with Crippen LogP contribution in [0.5, 0.6) is 0 Å². The first kappa shape index (κ1) is 17.4. The van der Waals surface area contributed by atoms with Gasteiger partial charge >= 0.3 is 0 Å². The fourth-order valence-electron chi connectivity index (χ4n) is 3.60. The zero-order chi connectivity index (χ0) is 16.6. The van der Waals surface area contributed by atoms with E-state index in [9.17, 15) is 4.79 Å². The quantitative estimate of drug-likeness (QED) is 0.800. The van der Waals surface area contributed by atoms with Gasteiger partial charge < -0.3 is 9.64 Å². The summed E-state index contributed by atoms with van der Waals surface area (Å²) in [6, 6.07) is 5.88. The summed E-state index contributed by atoms with van der Waals surface area (Å²) in [6.07, 6.45) is 6.68. The number of ether oxygens (including phenoxy) is 1. The summed E-state index contributed by atoms with van der Waals surface area (Å²) in [5, 5.41) is 0. The third kappa shape index (κ3) is 5.28. The normalized spacial score (nSPS) is 20.2. The Labute approximate surface area is 145 Å². The number of carbonyl (C=O) groups excluding carboxylic acids is 1. The fraction of sp³-hybridized carbons (Fsp3) is 0.684. The van der Waals surface area contributed by atoms with Crippen molar-refractivity contribution in [1.82, 2.24) is 14.8 Å². The van der Waals surface area contributed by atoms with E-state index in [0.717, 1.165) is 70.3 Å². The van der Waals surface area contributed by atoms with Crippen LogP contribution >= 0.6 is 0 Å². The molecule has 2 aliphatic rings. The molecule has 0 N–H and O–H groups in total. The molecule has 1 aromatic heterocycles. The molecule has 132 valence electrons. The Balaban J connectivity index is 1.33. The average molecular weight is 331 g/mol. The number of amides is 1. The fourth-order valence-corrected chi connectivity index (χ4v) is 3.60. The van der Waals surface area contributed by atoms with Gasteiger partial charge in [0, 0.05) is 44.5 Å². The van der Waals surface area contributed by atoms with Gasteiger partial charge in [-0.15, -0.1) is 0 Å². The van der Waals surface area contributed by atoms with Crippen molar-refractivity contribution < 1.29 is 9.53 Å². The van der Waals surface area contributed by atoms with E-state index in [1.54, 1.807) is 6.20 Å². The molecule has 0 aromatic carbocycles. The van der Waals surface area contributed by atoms with Gasteiger partial charge in [-0.3, -0.25) is 14.7 Å². The molecular weight excluding hydrogens is 302 g/mol. The van der Waals surface area contributed by atoms with Crippen molar-refractivity contribution >= 4 is 5.91 Å². The number of aryl methyl sites for hydroxylation is 1. The van der Waals surface area contributed by atoms with E-state index in [1.165, 1.54) is 13.0 Å². The van der Waals surface area contributed by atoms with Crippen LogP contribution in [0.4, 0.5) is 0 Å². The molecule has 1 aromatic rings. The van der Waals surface area contributed by atoms with Crippen LogP contribution in [0, 0.1) is 5.92 Å². The standard InChI is InChI=1S/C19H29N3O2/c23-19(5-4-18-3-1-2-9-20-18)22-11-7-17(8-12-22)6-10-21-13-15-24-16-14-21/h1-3,9,17H,4-8,10-16H2. The maximum Gasteiger partial charge on any atom is 0.222 e. The largest absolute Gasteiger partial charge is 0.379 e. The molecular formula is C19H29N3O2. The summed E-state index contributed by atoms with van der Waals surface area (Å²) < 4.78 is 5.40. The van der Waals surface area contributed by atoms with Gasteiger partial charge in [0.25, 0.3) is 0 Å². The molecule has 3 heterocycles. The van der Waals surface area contributed by atoms with Crippen molar-refractivity contribution in [3.05, 3.63) is 30.1 Å². The van der Waals surface area contributed by atoms with Crippen molar-refractivity contribution in [3.63, 3.8) is 0 Å². The molecule has 0 atom stereocenters. The van der Waals surface area contributed by atoms with Crippen LogP contribution in [0.2, 0.25) is 0 Å². The summed E-state index contributed by atoms with van der Waals surface area (Å²) in [6.45, 7) is 6.94. The molecule has 2 aliphatic heterocycles. The first-order valence-corrected chi connectivity index (χ1v) is 9.29. The third-order valence-electron chi connectivity index (χ3n) is 5.25. The number of likely N-dealkylation sites (tertiary alicyclic amines) is 1. The smallest absolute Gasteiger partial charge is 0.222 e. The Morgan fingerprint density at radius 3 is 2.67 bits per heavy atom. The number of aromatic nitrogens is 1. The number of piperidine rings is 1. The predicted molar refractivity (Wildman–Crippen MR) is 93.7 cm³/mol. The van der Waals surface area contributed by atoms with Gasteiger partial charge in [-0.05, 0) is 50.3 Å². The highest BCUT2D eigenvalue weighted by atomic mass is 16.5. The van der Waals surface area contributed by atoms with E-state index in [2.05, 4.69) is 9.88 Å². The highest BCUT2D eigenvalue weighted by Crippen LogP contribution is 2.21. The Hall–Kier alpha value is -1.46. The number of rotatable bonds is 6. The van der Waals surface area contributed by atoms with Crippen LogP contribution in [-0.4, -0.2) is 66.6 Å². The van der Waals surface area contributed by atoms with E-state index in [0.29, 0.717) is 6.42 Å². The molecule has 5 nitrogen and oxygen atoms in total. The van der Waals surface area contributed by atoms with Crippen molar-refractivity contribution in [2.75, 3.05) is 45.9 Å². The van der Waals surface area contributed by atoms with Gasteiger partial charge in [0.05, 0.1) is 13.2 Å². The minimum absolute atomic E-state index is 0.285. The Morgan fingerprint density at radius 2 is 1.96 bits per heavy atom. The summed E-state index contributed by atoms with van der Waals surface area (Å²) in [5.74, 6) is 1.06. The van der Waals surface area contributed by atoms with Crippen molar-refractivity contribution in [1.29, 1.82) is 0 Å². The molecule has 0 aliphatic carbocycles. The number of nitrogens with zero attached hydrogens (tertiary/aromatic N) is 3. The maximum absolute atomic E-state index is 12.4. The second kappa shape index (κ2) is 9.14. The topological polar surface area (TPSA) is 45.7 Å². The zero-order valence-corrected chi connectivity index (χ0v) is 14.5. The van der Waals surface area contributed by atoms with E-state index in [4.69, 9.17) is 4.74 Å². The summed E-state index contributed by atoms with van der Waals surface area (Å²) in [5.41, 5.74) is 1.01. The lowest BCUT2D eigenvalue weighted by molar-refractivity contribution is -0.132. The van der Waals surface area contributed by atoms with Gasteiger partial charge in [0.1, 0.15) is 0 Å². The van der Waals surface area contributed by atoms with Crippen LogP contribution in [0.25, 0.3) is 0 Å². The second-order valence-corrected chi connectivity index (χ2v) is 6.89. The maximum atomic E-state index is 12.4. The minimum atomic E-state index is 0.285. The zero-order valence-electron chi connectivity index (χ0n) is 14.5. The SMILES string of the molecule is O=C(CCc1ccccn1)N1CCC(CCN2CCOCC2)CC1. The molecule has 1 amide bonds. The van der Waals surface area contributed by atoms with Crippen molar-refractivity contribution in [3.8, 4) is 0 Å². The lowest BCUT2D eigenvalue weighted by Crippen LogP contribution is -2.40. The van der Waals surface area contributed by atoms with Crippen molar-refractivity contribution in [2.45, 2.75) is 32.1 Å². The Morgan fingerprint density at radius 1 is 1.17 bits per heavy atom. The monoisotopic (exact) mass is 331 g/mol. The van der Waals surface area contributed by atoms with Gasteiger partial charge in [0.15, 0.2) is 0 Å². The van der Waals surface area contributed by atoms with E-state index >= 15 is 0 Å². The highest BCUT2D eigenvalue weighted by molar-refractivity contribution is 5.76. The van der Waals surface area contributed by atoms with Crippen LogP contribution < -0.4 is 0 Å². The third-order valence-corrected chi connectivity index (χ3v) is 5.25. The molecule has 0 bridgehead atoms. The van der Waals surface area contributed by atoms with Crippen LogP contribution in [0.1, 0.15) is 31.4 Å². The second-order valence-electron chi connectivity index (χ2n) is 6.89. The van der Waals surface area contributed by atoms with Gasteiger partial charge in [0.2, 0.25) is 5.91 Å². The van der Waals surface area contributed by atoms with Crippen LogP contribution in [-0.2, 0) is 16.0 Å². The summed E-state index contributed by atoms with van der Waals surface area (Å²) in [7, 11) is 0. The van der Waals surface area contributed by atoms with Crippen molar-refractivity contribution in [2.24, 2.45) is 5.92 Å². The Bertz CT molecular complexity index is 495. The molecule has 0 radical (unpaired) electrons. The molecule has 0 unspecified atom stereocenters. The van der Waals surface area contributed by atoms with Crippen LogP contribution in [0.3, 0.4) is 0 Å². The highest BCUT2D eigenvalue weighted by Gasteiger charge is 2.23. The number of pyridine rings is 1. The summed E-state index contributed by atoms with van der Waals surface area (Å²) >= 11 is 0. The first-order chi connectivity index (χ1) is 11.8. The van der Waals surface area contributed by atoms with Gasteiger partial charge in [-0.2, -0.15) is 0 Å². The summed E-state index contributed by atoms with van der Waals surface area (Å²) in [4.78, 5) is 21.2. The molecule has 0 saturated carbocycles. The molecule has 2 fully saturated rings. The predicted octanol–water partition coefficient (Wildman–Crippen LogP) is 1.98. The molecule has 3 rings (SSSR count). The number of hydrogen-bond donors (Lipinski definition) is 0. The average Bonchev–Trinajstić information content (AvgIpc) is 2.66.